The minimum Gasteiger partial charge on any atom is -0.367 e. The third-order valence-electron chi connectivity index (χ3n) is 7.42. The number of likely N-dealkylation sites (N-methyl/N-ethyl adjacent to an activating group) is 1. The van der Waals surface area contributed by atoms with Crippen molar-refractivity contribution in [3.8, 4) is 11.1 Å². The molecule has 1 aliphatic heterocycles. The Labute approximate surface area is 235 Å². The van der Waals surface area contributed by atoms with E-state index in [0.717, 1.165) is 16.7 Å². The predicted octanol–water partition coefficient (Wildman–Crippen LogP) is 5.92. The Hall–Kier alpha value is -4.29. The Morgan fingerprint density at radius 1 is 0.825 bits per heavy atom. The van der Waals surface area contributed by atoms with Crippen molar-refractivity contribution < 1.29 is 14.0 Å². The average molecular weight is 536 g/mol. The first kappa shape index (κ1) is 27.3. The highest BCUT2D eigenvalue weighted by molar-refractivity contribution is 6.03. The molecule has 0 saturated carbocycles. The first-order valence-corrected chi connectivity index (χ1v) is 13.8. The smallest absolute Gasteiger partial charge is 0.241 e. The van der Waals surface area contributed by atoms with Crippen molar-refractivity contribution in [2.45, 2.75) is 19.4 Å². The minimum absolute atomic E-state index is 0.0174. The highest BCUT2D eigenvalue weighted by Gasteiger charge is 2.30. The van der Waals surface area contributed by atoms with Crippen molar-refractivity contribution in [2.75, 3.05) is 37.6 Å². The lowest BCUT2D eigenvalue weighted by Crippen LogP contribution is -2.51. The molecule has 0 spiro atoms. The van der Waals surface area contributed by atoms with Crippen molar-refractivity contribution in [3.63, 3.8) is 0 Å². The van der Waals surface area contributed by atoms with E-state index in [1.54, 1.807) is 6.07 Å². The minimum atomic E-state index is -0.375. The number of anilines is 1. The maximum Gasteiger partial charge on any atom is 0.241 e. The second-order valence-corrected chi connectivity index (χ2v) is 10.0. The van der Waals surface area contributed by atoms with Crippen molar-refractivity contribution in [3.05, 3.63) is 126 Å². The van der Waals surface area contributed by atoms with E-state index >= 15 is 4.39 Å². The van der Waals surface area contributed by atoms with Crippen molar-refractivity contribution in [2.24, 2.45) is 0 Å². The summed E-state index contributed by atoms with van der Waals surface area (Å²) in [5.41, 5.74) is 4.62. The van der Waals surface area contributed by atoms with Crippen LogP contribution in [0.4, 0.5) is 10.1 Å². The Kier molecular flexibility index (Phi) is 8.67. The van der Waals surface area contributed by atoms with Crippen molar-refractivity contribution >= 4 is 17.4 Å². The number of hydrogen-bond acceptors (Lipinski definition) is 4. The van der Waals surface area contributed by atoms with Crippen LogP contribution in [-0.2, 0) is 11.2 Å². The molecule has 204 valence electrons. The summed E-state index contributed by atoms with van der Waals surface area (Å²) in [6.45, 7) is 4.95. The third-order valence-corrected chi connectivity index (χ3v) is 7.42. The molecule has 0 unspecified atom stereocenters. The van der Waals surface area contributed by atoms with Gasteiger partial charge in [0.1, 0.15) is 11.9 Å². The molecule has 4 aromatic rings. The summed E-state index contributed by atoms with van der Waals surface area (Å²) in [6.07, 6.45) is 0.125. The summed E-state index contributed by atoms with van der Waals surface area (Å²) in [7, 11) is 0. The number of Topliss-reactive ketones (excluding diaryl/α,β-unsaturated/α-hetero) is 1. The van der Waals surface area contributed by atoms with E-state index < -0.39 is 0 Å². The van der Waals surface area contributed by atoms with E-state index in [1.807, 2.05) is 103 Å². The van der Waals surface area contributed by atoms with Crippen molar-refractivity contribution in [1.82, 2.24) is 10.2 Å². The molecule has 4 aromatic carbocycles. The van der Waals surface area contributed by atoms with Crippen LogP contribution in [0.1, 0.15) is 34.5 Å². The number of amides is 1. The van der Waals surface area contributed by atoms with Gasteiger partial charge in [0.15, 0.2) is 5.78 Å². The topological polar surface area (TPSA) is 52.7 Å². The number of nitrogens with one attached hydrogen (secondary N) is 1. The molecule has 1 N–H and O–H groups in total. The van der Waals surface area contributed by atoms with E-state index in [2.05, 4.69) is 10.2 Å². The van der Waals surface area contributed by atoms with Crippen LogP contribution in [0.5, 0.6) is 0 Å². The van der Waals surface area contributed by atoms with Gasteiger partial charge in [0, 0.05) is 44.7 Å². The lowest BCUT2D eigenvalue weighted by Gasteiger charge is -2.39. The van der Waals surface area contributed by atoms with Crippen LogP contribution in [0.15, 0.2) is 103 Å². The van der Waals surface area contributed by atoms with Crippen molar-refractivity contribution in [1.29, 1.82) is 0 Å². The maximum atomic E-state index is 15.4. The lowest BCUT2D eigenvalue weighted by molar-refractivity contribution is -0.126. The first-order chi connectivity index (χ1) is 19.5. The zero-order valence-electron chi connectivity index (χ0n) is 22.7. The number of piperazine rings is 1. The van der Waals surface area contributed by atoms with Crippen LogP contribution in [0.3, 0.4) is 0 Å². The Balaban J connectivity index is 1.26. The zero-order valence-corrected chi connectivity index (χ0v) is 22.7. The molecule has 1 heterocycles. The number of benzene rings is 4. The molecule has 1 amide bonds. The molecule has 0 radical (unpaired) electrons. The summed E-state index contributed by atoms with van der Waals surface area (Å²) < 4.78 is 15.4. The quantitative estimate of drug-likeness (QED) is 0.271. The van der Waals surface area contributed by atoms with Crippen LogP contribution in [0.25, 0.3) is 11.1 Å². The molecular weight excluding hydrogens is 501 g/mol. The Morgan fingerprint density at radius 2 is 1.48 bits per heavy atom. The fraction of sp³-hybridized carbons (Fsp3) is 0.235. The van der Waals surface area contributed by atoms with E-state index in [-0.39, 0.29) is 30.0 Å². The van der Waals surface area contributed by atoms with Gasteiger partial charge in [0.2, 0.25) is 5.91 Å². The third kappa shape index (κ3) is 6.13. The molecule has 0 aromatic heterocycles. The average Bonchev–Trinajstić information content (AvgIpc) is 2.99. The summed E-state index contributed by atoms with van der Waals surface area (Å²) in [4.78, 5) is 30.4. The molecular formula is C34H34FN3O2. The highest BCUT2D eigenvalue weighted by Crippen LogP contribution is 2.28. The van der Waals surface area contributed by atoms with Gasteiger partial charge >= 0.3 is 0 Å². The molecule has 6 heteroatoms. The first-order valence-electron chi connectivity index (χ1n) is 13.8. The largest absolute Gasteiger partial charge is 0.367 e. The van der Waals surface area contributed by atoms with E-state index in [1.165, 1.54) is 6.07 Å². The predicted molar refractivity (Wildman–Crippen MR) is 158 cm³/mol. The molecule has 5 rings (SSSR count). The maximum absolute atomic E-state index is 15.4. The molecule has 1 atom stereocenters. The second-order valence-electron chi connectivity index (χ2n) is 10.0. The molecule has 1 fully saturated rings. The van der Waals surface area contributed by atoms with Gasteiger partial charge in [-0.1, -0.05) is 91.0 Å². The van der Waals surface area contributed by atoms with Gasteiger partial charge in [-0.25, -0.2) is 4.39 Å². The van der Waals surface area contributed by atoms with Crippen LogP contribution in [0, 0.1) is 5.82 Å². The fourth-order valence-electron chi connectivity index (χ4n) is 5.45. The molecule has 40 heavy (non-hydrogen) atoms. The van der Waals surface area contributed by atoms with Crippen LogP contribution in [-0.4, -0.2) is 49.3 Å². The van der Waals surface area contributed by atoms with E-state index in [9.17, 15) is 9.59 Å². The van der Waals surface area contributed by atoms with Crippen LogP contribution in [0.2, 0.25) is 0 Å². The van der Waals surface area contributed by atoms with Gasteiger partial charge in [-0.3, -0.25) is 14.5 Å². The molecule has 1 saturated heterocycles. The molecule has 1 aliphatic rings. The van der Waals surface area contributed by atoms with E-state index in [4.69, 9.17) is 0 Å². The number of ketones is 1. The standard InChI is InChI=1S/C34H34FN3O2/c1-2-36-34(40)33(27-13-7-4-8-14-27)38-21-19-37(20-22-38)31-18-17-25(23-30(31)35)24-32(39)29-16-10-9-15-28(29)26-11-5-3-6-12-26/h3-18,23,33H,2,19-22,24H2,1H3,(H,36,40)/t33-/m1/s1. The van der Waals surface area contributed by atoms with Gasteiger partial charge < -0.3 is 10.2 Å². The van der Waals surface area contributed by atoms with Gasteiger partial charge in [-0.05, 0) is 41.3 Å². The summed E-state index contributed by atoms with van der Waals surface area (Å²) in [6, 6.07) is 31.9. The number of hydrogen-bond donors (Lipinski definition) is 1. The van der Waals surface area contributed by atoms with Crippen LogP contribution < -0.4 is 10.2 Å². The van der Waals surface area contributed by atoms with E-state index in [0.29, 0.717) is 49.5 Å². The molecule has 0 bridgehead atoms. The zero-order chi connectivity index (χ0) is 27.9. The SMILES string of the molecule is CCNC(=O)[C@@H](c1ccccc1)N1CCN(c2ccc(CC(=O)c3ccccc3-c3ccccc3)cc2F)CC1. The monoisotopic (exact) mass is 535 g/mol. The Morgan fingerprint density at radius 3 is 2.15 bits per heavy atom. The number of rotatable bonds is 9. The summed E-state index contributed by atoms with van der Waals surface area (Å²) >= 11 is 0. The normalized spacial score (nSPS) is 14.5. The number of carbonyl (C=O) groups excluding carboxylic acids is 2. The molecule has 0 aliphatic carbocycles. The summed E-state index contributed by atoms with van der Waals surface area (Å²) in [5.74, 6) is -0.396. The number of carbonyl (C=O) groups is 2. The van der Waals surface area contributed by atoms with Gasteiger partial charge in [0.25, 0.3) is 0 Å². The lowest BCUT2D eigenvalue weighted by atomic mass is 9.94. The number of halogens is 1. The van der Waals surface area contributed by atoms with Crippen LogP contribution >= 0.6 is 0 Å². The summed E-state index contributed by atoms with van der Waals surface area (Å²) in [5, 5.41) is 2.96. The second kappa shape index (κ2) is 12.7. The number of nitrogens with zero attached hydrogens (tertiary/aromatic N) is 2. The van der Waals surface area contributed by atoms with Gasteiger partial charge in [-0.2, -0.15) is 0 Å². The van der Waals surface area contributed by atoms with Gasteiger partial charge in [0.05, 0.1) is 5.69 Å². The Bertz CT molecular complexity index is 1450. The van der Waals surface area contributed by atoms with Gasteiger partial charge in [-0.15, -0.1) is 0 Å². The highest BCUT2D eigenvalue weighted by atomic mass is 19.1. The fourth-order valence-corrected chi connectivity index (χ4v) is 5.45. The molecule has 5 nitrogen and oxygen atoms in total.